The van der Waals surface area contributed by atoms with E-state index in [9.17, 15) is 4.55 Å². The molecule has 1 rings (SSSR count). The molecule has 1 fully saturated rings. The van der Waals surface area contributed by atoms with Crippen molar-refractivity contribution < 1.29 is 4.55 Å². The van der Waals surface area contributed by atoms with Crippen LogP contribution < -0.4 is 0 Å². The largest absolute Gasteiger partial charge is 0.591 e. The van der Waals surface area contributed by atoms with Gasteiger partial charge in [0.1, 0.15) is 16.1 Å². The fourth-order valence-corrected chi connectivity index (χ4v) is 1.53. The Morgan fingerprint density at radius 1 is 1.42 bits per heavy atom. The topological polar surface area (TPSA) is 35.4 Å². The van der Waals surface area contributed by atoms with Gasteiger partial charge >= 0.3 is 0 Å². The summed E-state index contributed by atoms with van der Waals surface area (Å²) < 4.78 is 15.5. The van der Waals surface area contributed by atoms with Gasteiger partial charge in [0.15, 0.2) is 0 Å². The van der Waals surface area contributed by atoms with Gasteiger partial charge in [-0.2, -0.15) is 0 Å². The third-order valence-corrected chi connectivity index (χ3v) is 3.42. The normalized spacial score (nSPS) is 22.6. The van der Waals surface area contributed by atoms with Crippen molar-refractivity contribution >= 4 is 17.1 Å². The van der Waals surface area contributed by atoms with E-state index in [1.54, 1.807) is 0 Å². The third-order valence-electron chi connectivity index (χ3n) is 1.92. The Balaban J connectivity index is 2.53. The molecule has 1 aliphatic rings. The van der Waals surface area contributed by atoms with Crippen LogP contribution in [0, 0.1) is 5.92 Å². The Bertz CT molecular complexity index is 191. The fraction of sp³-hybridized carbons (Fsp3) is 0.889. The highest BCUT2D eigenvalue weighted by molar-refractivity contribution is 7.91. The molecule has 0 radical (unpaired) electrons. The second-order valence-electron chi connectivity index (χ2n) is 4.37. The Labute approximate surface area is 77.8 Å². The van der Waals surface area contributed by atoms with Gasteiger partial charge in [-0.25, -0.2) is 0 Å². The van der Waals surface area contributed by atoms with E-state index in [-0.39, 0.29) is 4.75 Å². The first kappa shape index (κ1) is 10.1. The summed E-state index contributed by atoms with van der Waals surface area (Å²) in [7, 11) is 0. The summed E-state index contributed by atoms with van der Waals surface area (Å²) in [4.78, 5) is 0. The Morgan fingerprint density at radius 2 is 1.92 bits per heavy atom. The fourth-order valence-electron chi connectivity index (χ4n) is 0.843. The third kappa shape index (κ3) is 2.79. The van der Waals surface area contributed by atoms with E-state index in [1.165, 1.54) is 12.8 Å². The van der Waals surface area contributed by atoms with Crippen LogP contribution in [0.25, 0.3) is 0 Å². The predicted molar refractivity (Wildman–Crippen MR) is 53.7 cm³/mol. The molecule has 0 N–H and O–H groups in total. The second-order valence-corrected chi connectivity index (χ2v) is 6.27. The van der Waals surface area contributed by atoms with Crippen LogP contribution in [0.5, 0.6) is 0 Å². The van der Waals surface area contributed by atoms with E-state index in [0.29, 0.717) is 5.92 Å². The first-order valence-corrected chi connectivity index (χ1v) is 5.49. The number of hydrogen-bond donors (Lipinski definition) is 0. The lowest BCUT2D eigenvalue weighted by atomic mass is 10.3. The van der Waals surface area contributed by atoms with E-state index in [2.05, 4.69) is 4.40 Å². The molecule has 0 aromatic heterocycles. The average molecular weight is 187 g/mol. The van der Waals surface area contributed by atoms with Gasteiger partial charge in [-0.05, 0) is 40.5 Å². The number of hydrogen-bond acceptors (Lipinski definition) is 2. The maximum absolute atomic E-state index is 11.5. The zero-order chi connectivity index (χ0) is 9.35. The molecule has 0 aromatic carbocycles. The molecular weight excluding hydrogens is 170 g/mol. The number of nitrogens with zero attached hydrogens (tertiary/aromatic N) is 1. The number of rotatable bonds is 2. The lowest BCUT2D eigenvalue weighted by Gasteiger charge is -2.18. The van der Waals surface area contributed by atoms with Crippen LogP contribution in [0.4, 0.5) is 0 Å². The summed E-state index contributed by atoms with van der Waals surface area (Å²) >= 11 is -1.06. The molecule has 2 nitrogen and oxygen atoms in total. The Kier molecular flexibility index (Phi) is 2.84. The van der Waals surface area contributed by atoms with Crippen LogP contribution in [-0.2, 0) is 11.4 Å². The van der Waals surface area contributed by atoms with Gasteiger partial charge in [0, 0.05) is 5.92 Å². The molecule has 0 aromatic rings. The van der Waals surface area contributed by atoms with E-state index in [1.807, 2.05) is 27.7 Å². The summed E-state index contributed by atoms with van der Waals surface area (Å²) in [6, 6.07) is 0. The summed E-state index contributed by atoms with van der Waals surface area (Å²) in [5, 5.41) is 0. The predicted octanol–water partition coefficient (Wildman–Crippen LogP) is 2.32. The highest BCUT2D eigenvalue weighted by atomic mass is 32.2. The lowest BCUT2D eigenvalue weighted by molar-refractivity contribution is 0.561. The highest BCUT2D eigenvalue weighted by Crippen LogP contribution is 2.31. The van der Waals surface area contributed by atoms with Gasteiger partial charge in [-0.3, -0.25) is 0 Å². The van der Waals surface area contributed by atoms with E-state index in [4.69, 9.17) is 0 Å². The molecule has 0 spiro atoms. The molecule has 70 valence electrons. The summed E-state index contributed by atoms with van der Waals surface area (Å²) in [6.07, 6.45) is 2.47. The van der Waals surface area contributed by atoms with Gasteiger partial charge < -0.3 is 4.55 Å². The maximum Gasteiger partial charge on any atom is 0.144 e. The van der Waals surface area contributed by atoms with Gasteiger partial charge in [0.2, 0.25) is 0 Å². The zero-order valence-corrected chi connectivity index (χ0v) is 9.07. The quantitative estimate of drug-likeness (QED) is 0.482. The van der Waals surface area contributed by atoms with Crippen LogP contribution in [0.2, 0.25) is 0 Å². The standard InChI is InChI=1S/C9H17NOS/c1-7(8-5-6-8)10-12(11)9(2,3)4/h8H,5-6H2,1-4H3/b10-7-/t12-/m0/s1. The molecule has 0 aliphatic heterocycles. The molecule has 12 heavy (non-hydrogen) atoms. The van der Waals surface area contributed by atoms with E-state index < -0.39 is 11.4 Å². The molecule has 0 unspecified atom stereocenters. The second kappa shape index (κ2) is 3.38. The molecule has 1 aliphatic carbocycles. The SMILES string of the molecule is C/C(=N/[S@@+]([O-])C(C)(C)C)C1CC1. The minimum absolute atomic E-state index is 0.212. The average Bonchev–Trinajstić information content (AvgIpc) is 2.65. The van der Waals surface area contributed by atoms with Gasteiger partial charge in [-0.15, -0.1) is 0 Å². The Morgan fingerprint density at radius 3 is 2.25 bits per heavy atom. The van der Waals surface area contributed by atoms with Crippen molar-refractivity contribution in [3.63, 3.8) is 0 Å². The van der Waals surface area contributed by atoms with Crippen LogP contribution in [0.15, 0.2) is 4.40 Å². The van der Waals surface area contributed by atoms with Crippen molar-refractivity contribution in [3.8, 4) is 0 Å². The molecule has 1 atom stereocenters. The zero-order valence-electron chi connectivity index (χ0n) is 8.26. The minimum Gasteiger partial charge on any atom is -0.591 e. The molecule has 3 heteroatoms. The summed E-state index contributed by atoms with van der Waals surface area (Å²) in [5.74, 6) is 0.635. The monoisotopic (exact) mass is 187 g/mol. The molecule has 0 saturated heterocycles. The molecule has 0 bridgehead atoms. The van der Waals surface area contributed by atoms with Crippen molar-refractivity contribution in [1.29, 1.82) is 0 Å². The summed E-state index contributed by atoms with van der Waals surface area (Å²) in [6.45, 7) is 7.84. The van der Waals surface area contributed by atoms with Crippen LogP contribution in [0.3, 0.4) is 0 Å². The van der Waals surface area contributed by atoms with Crippen molar-refractivity contribution in [2.75, 3.05) is 0 Å². The van der Waals surface area contributed by atoms with Crippen molar-refractivity contribution in [1.82, 2.24) is 0 Å². The molecule has 0 amide bonds. The first-order valence-electron chi connectivity index (χ1n) is 4.38. The minimum atomic E-state index is -1.06. The lowest BCUT2D eigenvalue weighted by Crippen LogP contribution is -2.26. The van der Waals surface area contributed by atoms with Gasteiger partial charge in [-0.1, -0.05) is 4.40 Å². The Hall–Kier alpha value is -0.0200. The van der Waals surface area contributed by atoms with Crippen molar-refractivity contribution in [2.45, 2.75) is 45.3 Å². The smallest absolute Gasteiger partial charge is 0.144 e. The summed E-state index contributed by atoms with van der Waals surface area (Å²) in [5.41, 5.74) is 1.07. The van der Waals surface area contributed by atoms with Crippen LogP contribution >= 0.6 is 0 Å². The molecular formula is C9H17NOS. The van der Waals surface area contributed by atoms with Gasteiger partial charge in [0.05, 0.1) is 5.71 Å². The first-order chi connectivity index (χ1) is 5.41. The van der Waals surface area contributed by atoms with Crippen LogP contribution in [0.1, 0.15) is 40.5 Å². The van der Waals surface area contributed by atoms with Crippen molar-refractivity contribution in [2.24, 2.45) is 10.3 Å². The van der Waals surface area contributed by atoms with E-state index >= 15 is 0 Å². The molecule has 0 heterocycles. The van der Waals surface area contributed by atoms with Crippen LogP contribution in [-0.4, -0.2) is 15.0 Å². The molecule has 1 saturated carbocycles. The van der Waals surface area contributed by atoms with Crippen molar-refractivity contribution in [3.05, 3.63) is 0 Å². The highest BCUT2D eigenvalue weighted by Gasteiger charge is 2.30. The van der Waals surface area contributed by atoms with E-state index in [0.717, 1.165) is 5.71 Å². The maximum atomic E-state index is 11.5. The van der Waals surface area contributed by atoms with Gasteiger partial charge in [0.25, 0.3) is 0 Å².